The molecular formula is C19H17ClN2O3S2. The van der Waals surface area contributed by atoms with Gasteiger partial charge >= 0.3 is 0 Å². The van der Waals surface area contributed by atoms with Crippen LogP contribution in [0.4, 0.5) is 0 Å². The van der Waals surface area contributed by atoms with Crippen LogP contribution in [-0.4, -0.2) is 24.6 Å². The molecule has 0 N–H and O–H groups in total. The number of halogens is 1. The molecule has 3 aromatic rings. The van der Waals surface area contributed by atoms with Gasteiger partial charge in [-0.2, -0.15) is 4.99 Å². The first-order chi connectivity index (χ1) is 12.9. The summed E-state index contributed by atoms with van der Waals surface area (Å²) in [5.74, 6) is -1.52. The zero-order chi connectivity index (χ0) is 19.4. The van der Waals surface area contributed by atoms with Crippen molar-refractivity contribution in [3.8, 4) is 0 Å². The Morgan fingerprint density at radius 1 is 1.22 bits per heavy atom. The number of hydrogen-bond acceptors (Lipinski definition) is 4. The van der Waals surface area contributed by atoms with E-state index < -0.39 is 21.5 Å². The van der Waals surface area contributed by atoms with Gasteiger partial charge in [0.05, 0.1) is 16.0 Å². The molecule has 0 saturated heterocycles. The zero-order valence-corrected chi connectivity index (χ0v) is 16.7. The van der Waals surface area contributed by atoms with Crippen LogP contribution in [0, 0.1) is 0 Å². The molecule has 2 aromatic carbocycles. The zero-order valence-electron chi connectivity index (χ0n) is 14.3. The van der Waals surface area contributed by atoms with E-state index in [0.717, 1.165) is 10.2 Å². The van der Waals surface area contributed by atoms with Crippen molar-refractivity contribution in [1.29, 1.82) is 0 Å². The van der Waals surface area contributed by atoms with Crippen molar-refractivity contribution in [2.24, 2.45) is 4.99 Å². The number of nitrogens with zero attached hydrogens (tertiary/aromatic N) is 2. The number of carbonyl (C=O) groups excluding carboxylic acids is 1. The van der Waals surface area contributed by atoms with Gasteiger partial charge in [-0.1, -0.05) is 59.3 Å². The summed E-state index contributed by atoms with van der Waals surface area (Å²) in [5, 5.41) is 0.581. The number of aromatic nitrogens is 1. The van der Waals surface area contributed by atoms with E-state index in [1.54, 1.807) is 42.5 Å². The van der Waals surface area contributed by atoms with Gasteiger partial charge in [-0.05, 0) is 23.8 Å². The molecule has 0 aliphatic heterocycles. The van der Waals surface area contributed by atoms with Crippen LogP contribution in [0.3, 0.4) is 0 Å². The number of allylic oxidation sites excluding steroid dienone is 1. The molecule has 27 heavy (non-hydrogen) atoms. The van der Waals surface area contributed by atoms with E-state index in [4.69, 9.17) is 11.6 Å². The van der Waals surface area contributed by atoms with Crippen molar-refractivity contribution < 1.29 is 13.2 Å². The number of fused-ring (bicyclic) bond motifs is 1. The molecule has 0 atom stereocenters. The minimum Gasteiger partial charge on any atom is -0.313 e. The Morgan fingerprint density at radius 3 is 2.67 bits per heavy atom. The number of rotatable bonds is 6. The molecule has 8 heteroatoms. The summed E-state index contributed by atoms with van der Waals surface area (Å²) in [6.45, 7) is 4.17. The number of thiazole rings is 1. The molecule has 1 heterocycles. The summed E-state index contributed by atoms with van der Waals surface area (Å²) in [7, 11) is -3.61. The fourth-order valence-corrected chi connectivity index (χ4v) is 5.22. The molecule has 0 bridgehead atoms. The van der Waals surface area contributed by atoms with E-state index in [0.29, 0.717) is 21.9 Å². The van der Waals surface area contributed by atoms with Gasteiger partial charge in [0.15, 0.2) is 14.6 Å². The third kappa shape index (κ3) is 4.94. The number of benzene rings is 2. The molecule has 0 spiro atoms. The second kappa shape index (κ2) is 8.21. The van der Waals surface area contributed by atoms with Crippen molar-refractivity contribution in [1.82, 2.24) is 4.57 Å². The second-order valence-corrected chi connectivity index (χ2v) is 9.43. The predicted molar refractivity (Wildman–Crippen MR) is 110 cm³/mol. The number of carbonyl (C=O) groups is 1. The van der Waals surface area contributed by atoms with Crippen LogP contribution < -0.4 is 4.80 Å². The van der Waals surface area contributed by atoms with Crippen LogP contribution in [0.1, 0.15) is 5.56 Å². The number of amides is 1. The van der Waals surface area contributed by atoms with Gasteiger partial charge in [-0.3, -0.25) is 4.79 Å². The molecule has 0 saturated carbocycles. The largest absolute Gasteiger partial charge is 0.313 e. The highest BCUT2D eigenvalue weighted by molar-refractivity contribution is 7.91. The molecule has 0 aliphatic carbocycles. The lowest BCUT2D eigenvalue weighted by Gasteiger charge is -2.03. The highest BCUT2D eigenvalue weighted by atomic mass is 35.5. The average Bonchev–Trinajstić information content (AvgIpc) is 2.91. The second-order valence-electron chi connectivity index (χ2n) is 5.92. The molecule has 1 amide bonds. The lowest BCUT2D eigenvalue weighted by atomic mass is 10.2. The lowest BCUT2D eigenvalue weighted by Crippen LogP contribution is -2.21. The van der Waals surface area contributed by atoms with E-state index in [1.807, 2.05) is 16.7 Å². The predicted octanol–water partition coefficient (Wildman–Crippen LogP) is 3.58. The first kappa shape index (κ1) is 19.5. The maximum atomic E-state index is 12.3. The smallest absolute Gasteiger partial charge is 0.263 e. The van der Waals surface area contributed by atoms with Crippen LogP contribution in [0.5, 0.6) is 0 Å². The molecule has 0 radical (unpaired) electrons. The van der Waals surface area contributed by atoms with Crippen molar-refractivity contribution in [3.05, 3.63) is 76.6 Å². The SMILES string of the molecule is C=CCn1c(=NC(=O)CS(=O)(=O)Cc2ccccc2)sc2cc(Cl)ccc21. The number of sulfone groups is 1. The van der Waals surface area contributed by atoms with E-state index in [1.165, 1.54) is 11.3 Å². The van der Waals surface area contributed by atoms with Gasteiger partial charge in [0.25, 0.3) is 5.91 Å². The third-order valence-electron chi connectivity index (χ3n) is 3.75. The Balaban J connectivity index is 1.90. The summed E-state index contributed by atoms with van der Waals surface area (Å²) in [6.07, 6.45) is 1.69. The Morgan fingerprint density at radius 2 is 1.96 bits per heavy atom. The van der Waals surface area contributed by atoms with Gasteiger partial charge in [-0.15, -0.1) is 6.58 Å². The monoisotopic (exact) mass is 420 g/mol. The molecular weight excluding hydrogens is 404 g/mol. The number of hydrogen-bond donors (Lipinski definition) is 0. The summed E-state index contributed by atoms with van der Waals surface area (Å²) < 4.78 is 27.3. The first-order valence-electron chi connectivity index (χ1n) is 8.10. The van der Waals surface area contributed by atoms with Crippen LogP contribution >= 0.6 is 22.9 Å². The van der Waals surface area contributed by atoms with Crippen LogP contribution in [-0.2, 0) is 26.9 Å². The van der Waals surface area contributed by atoms with Gasteiger partial charge in [-0.25, -0.2) is 8.42 Å². The highest BCUT2D eigenvalue weighted by Gasteiger charge is 2.17. The maximum absolute atomic E-state index is 12.3. The molecule has 5 nitrogen and oxygen atoms in total. The maximum Gasteiger partial charge on any atom is 0.263 e. The molecule has 140 valence electrons. The average molecular weight is 421 g/mol. The van der Waals surface area contributed by atoms with Crippen LogP contribution in [0.2, 0.25) is 5.02 Å². The van der Waals surface area contributed by atoms with Crippen molar-refractivity contribution in [3.63, 3.8) is 0 Å². The topological polar surface area (TPSA) is 68.5 Å². The summed E-state index contributed by atoms with van der Waals surface area (Å²) in [6, 6.07) is 14.1. The summed E-state index contributed by atoms with van der Waals surface area (Å²) >= 11 is 7.31. The Bertz CT molecular complexity index is 1160. The van der Waals surface area contributed by atoms with Crippen LogP contribution in [0.25, 0.3) is 10.2 Å². The van der Waals surface area contributed by atoms with Crippen molar-refractivity contribution in [2.45, 2.75) is 12.3 Å². The lowest BCUT2D eigenvalue weighted by molar-refractivity contribution is -0.115. The summed E-state index contributed by atoms with van der Waals surface area (Å²) in [5.41, 5.74) is 1.51. The van der Waals surface area contributed by atoms with Crippen molar-refractivity contribution >= 4 is 48.9 Å². The Hall–Kier alpha value is -2.22. The highest BCUT2D eigenvalue weighted by Crippen LogP contribution is 2.22. The van der Waals surface area contributed by atoms with Gasteiger partial charge in [0.1, 0.15) is 5.75 Å². The molecule has 3 rings (SSSR count). The van der Waals surface area contributed by atoms with Gasteiger partial charge in [0, 0.05) is 11.6 Å². The minimum absolute atomic E-state index is 0.191. The van der Waals surface area contributed by atoms with Crippen LogP contribution in [0.15, 0.2) is 66.2 Å². The third-order valence-corrected chi connectivity index (χ3v) is 6.49. The van der Waals surface area contributed by atoms with E-state index in [9.17, 15) is 13.2 Å². The Labute approximate surface area is 166 Å². The molecule has 0 unspecified atom stereocenters. The fourth-order valence-electron chi connectivity index (χ4n) is 2.64. The molecule has 0 fully saturated rings. The van der Waals surface area contributed by atoms with Gasteiger partial charge in [0.2, 0.25) is 0 Å². The normalized spacial score (nSPS) is 12.4. The van der Waals surface area contributed by atoms with E-state index >= 15 is 0 Å². The Kier molecular flexibility index (Phi) is 5.94. The summed E-state index contributed by atoms with van der Waals surface area (Å²) in [4.78, 5) is 16.8. The van der Waals surface area contributed by atoms with E-state index in [2.05, 4.69) is 11.6 Å². The standard InChI is InChI=1S/C19H17ClN2O3S2/c1-2-10-22-16-9-8-15(20)11-17(16)26-19(22)21-18(23)13-27(24,25)12-14-6-4-3-5-7-14/h2-9,11H,1,10,12-13H2. The fraction of sp³-hybridized carbons (Fsp3) is 0.158. The van der Waals surface area contributed by atoms with E-state index in [-0.39, 0.29) is 5.75 Å². The first-order valence-corrected chi connectivity index (χ1v) is 11.1. The van der Waals surface area contributed by atoms with Gasteiger partial charge < -0.3 is 4.57 Å². The van der Waals surface area contributed by atoms with Crippen molar-refractivity contribution in [2.75, 3.05) is 5.75 Å². The molecule has 0 aliphatic rings. The molecule has 1 aromatic heterocycles. The quantitative estimate of drug-likeness (QED) is 0.572. The minimum atomic E-state index is -3.61.